The molecule has 0 aliphatic heterocycles. The molecule has 0 radical (unpaired) electrons. The number of pyridine rings is 1. The highest BCUT2D eigenvalue weighted by atomic mass is 16.5. The third kappa shape index (κ3) is 4.76. The van der Waals surface area contributed by atoms with Gasteiger partial charge in [-0.05, 0) is 55.3 Å². The van der Waals surface area contributed by atoms with Crippen LogP contribution < -0.4 is 15.2 Å². The molecule has 1 heterocycles. The van der Waals surface area contributed by atoms with Gasteiger partial charge in [0.25, 0.3) is 0 Å². The first-order chi connectivity index (χ1) is 10.3. The van der Waals surface area contributed by atoms with Crippen molar-refractivity contribution in [3.63, 3.8) is 0 Å². The summed E-state index contributed by atoms with van der Waals surface area (Å²) in [5.74, 6) is 1.57. The monoisotopic (exact) mass is 286 g/mol. The van der Waals surface area contributed by atoms with E-state index in [1.165, 1.54) is 11.1 Å². The molecule has 0 aliphatic carbocycles. The van der Waals surface area contributed by atoms with Crippen LogP contribution in [0.25, 0.3) is 0 Å². The second-order valence-electron chi connectivity index (χ2n) is 4.71. The minimum absolute atomic E-state index is 0.611. The summed E-state index contributed by atoms with van der Waals surface area (Å²) in [6.07, 6.45) is 5.28. The lowest BCUT2D eigenvalue weighted by molar-refractivity contribution is 0.279. The van der Waals surface area contributed by atoms with Crippen molar-refractivity contribution >= 4 is 0 Å². The van der Waals surface area contributed by atoms with Crippen LogP contribution in [-0.2, 0) is 12.8 Å². The van der Waals surface area contributed by atoms with Crippen molar-refractivity contribution in [1.82, 2.24) is 4.98 Å². The Morgan fingerprint density at radius 3 is 2.48 bits per heavy atom. The van der Waals surface area contributed by atoms with Gasteiger partial charge in [-0.25, -0.2) is 0 Å². The smallest absolute Gasteiger partial charge is 0.161 e. The molecule has 4 heteroatoms. The number of nitrogens with zero attached hydrogens (tertiary/aromatic N) is 1. The number of hydrogen-bond acceptors (Lipinski definition) is 4. The molecule has 0 fully saturated rings. The lowest BCUT2D eigenvalue weighted by Crippen LogP contribution is -2.06. The second-order valence-corrected chi connectivity index (χ2v) is 4.71. The molecular formula is C17H22N2O2. The molecule has 0 bridgehead atoms. The van der Waals surface area contributed by atoms with Gasteiger partial charge in [-0.15, -0.1) is 0 Å². The first-order valence-corrected chi connectivity index (χ1v) is 7.31. The van der Waals surface area contributed by atoms with Gasteiger partial charge in [0.1, 0.15) is 0 Å². The minimum atomic E-state index is 0.611. The van der Waals surface area contributed by atoms with Gasteiger partial charge >= 0.3 is 0 Å². The van der Waals surface area contributed by atoms with Crippen molar-refractivity contribution in [2.45, 2.75) is 19.8 Å². The van der Waals surface area contributed by atoms with Gasteiger partial charge in [-0.3, -0.25) is 4.98 Å². The fourth-order valence-corrected chi connectivity index (χ4v) is 2.09. The highest BCUT2D eigenvalue weighted by Crippen LogP contribution is 2.28. The van der Waals surface area contributed by atoms with Crippen molar-refractivity contribution in [3.8, 4) is 11.5 Å². The van der Waals surface area contributed by atoms with Crippen LogP contribution in [0.3, 0.4) is 0 Å². The third-order valence-electron chi connectivity index (χ3n) is 3.14. The fourth-order valence-electron chi connectivity index (χ4n) is 2.09. The quantitative estimate of drug-likeness (QED) is 0.810. The summed E-state index contributed by atoms with van der Waals surface area (Å²) in [7, 11) is 0. The van der Waals surface area contributed by atoms with Gasteiger partial charge in [-0.2, -0.15) is 0 Å². The van der Waals surface area contributed by atoms with E-state index in [4.69, 9.17) is 15.2 Å². The second kappa shape index (κ2) is 8.27. The van der Waals surface area contributed by atoms with E-state index >= 15 is 0 Å². The standard InChI is InChI=1S/C17H22N2O2/c1-2-20-17-13-15(5-9-18)3-4-16(17)21-12-8-14-6-10-19-11-7-14/h3-4,6-7,10-11,13H,2,5,8-9,12,18H2,1H3. The third-order valence-corrected chi connectivity index (χ3v) is 3.14. The van der Waals surface area contributed by atoms with Crippen LogP contribution in [0.4, 0.5) is 0 Å². The van der Waals surface area contributed by atoms with E-state index in [0.29, 0.717) is 19.8 Å². The zero-order chi connectivity index (χ0) is 14.9. The van der Waals surface area contributed by atoms with E-state index in [-0.39, 0.29) is 0 Å². The van der Waals surface area contributed by atoms with Crippen LogP contribution in [-0.4, -0.2) is 24.7 Å². The maximum atomic E-state index is 5.85. The Morgan fingerprint density at radius 1 is 0.952 bits per heavy atom. The summed E-state index contributed by atoms with van der Waals surface area (Å²) in [5, 5.41) is 0. The topological polar surface area (TPSA) is 57.4 Å². The predicted octanol–water partition coefficient (Wildman–Crippen LogP) is 2.60. The van der Waals surface area contributed by atoms with Crippen LogP contribution in [0.1, 0.15) is 18.1 Å². The van der Waals surface area contributed by atoms with E-state index in [2.05, 4.69) is 4.98 Å². The molecule has 21 heavy (non-hydrogen) atoms. The molecule has 0 aliphatic rings. The number of nitrogens with two attached hydrogens (primary N) is 1. The maximum absolute atomic E-state index is 5.85. The first kappa shape index (κ1) is 15.3. The SMILES string of the molecule is CCOc1cc(CCN)ccc1OCCc1ccncc1. The molecule has 2 aromatic rings. The average molecular weight is 286 g/mol. The summed E-state index contributed by atoms with van der Waals surface area (Å²) in [4.78, 5) is 4.01. The van der Waals surface area contributed by atoms with Crippen molar-refractivity contribution in [3.05, 3.63) is 53.9 Å². The summed E-state index contributed by atoms with van der Waals surface area (Å²) in [5.41, 5.74) is 7.97. The van der Waals surface area contributed by atoms with Crippen LogP contribution in [0.15, 0.2) is 42.7 Å². The highest BCUT2D eigenvalue weighted by molar-refractivity contribution is 5.43. The molecule has 112 valence electrons. The van der Waals surface area contributed by atoms with E-state index in [1.807, 2.05) is 37.3 Å². The first-order valence-electron chi connectivity index (χ1n) is 7.31. The zero-order valence-electron chi connectivity index (χ0n) is 12.4. The Labute approximate surface area is 125 Å². The summed E-state index contributed by atoms with van der Waals surface area (Å²) < 4.78 is 11.5. The zero-order valence-corrected chi connectivity index (χ0v) is 12.4. The highest BCUT2D eigenvalue weighted by Gasteiger charge is 2.06. The van der Waals surface area contributed by atoms with Crippen molar-refractivity contribution in [2.24, 2.45) is 5.73 Å². The Kier molecular flexibility index (Phi) is 6.03. The van der Waals surface area contributed by atoms with Crippen molar-refractivity contribution in [1.29, 1.82) is 0 Å². The van der Waals surface area contributed by atoms with Gasteiger partial charge in [-0.1, -0.05) is 6.07 Å². The van der Waals surface area contributed by atoms with Crippen LogP contribution >= 0.6 is 0 Å². The Morgan fingerprint density at radius 2 is 1.76 bits per heavy atom. The molecular weight excluding hydrogens is 264 g/mol. The predicted molar refractivity (Wildman–Crippen MR) is 83.8 cm³/mol. The summed E-state index contributed by atoms with van der Waals surface area (Å²) in [6, 6.07) is 10.0. The number of benzene rings is 1. The molecule has 0 saturated carbocycles. The normalized spacial score (nSPS) is 10.4. The molecule has 0 atom stereocenters. The van der Waals surface area contributed by atoms with E-state index < -0.39 is 0 Å². The van der Waals surface area contributed by atoms with E-state index in [1.54, 1.807) is 12.4 Å². The molecule has 1 aromatic carbocycles. The van der Waals surface area contributed by atoms with E-state index in [9.17, 15) is 0 Å². The number of ether oxygens (including phenoxy) is 2. The van der Waals surface area contributed by atoms with Crippen molar-refractivity contribution < 1.29 is 9.47 Å². The average Bonchev–Trinajstić information content (AvgIpc) is 2.51. The molecule has 4 nitrogen and oxygen atoms in total. The molecule has 0 amide bonds. The Hall–Kier alpha value is -2.07. The van der Waals surface area contributed by atoms with Crippen LogP contribution in [0, 0.1) is 0 Å². The number of hydrogen-bond donors (Lipinski definition) is 1. The molecule has 0 saturated heterocycles. The van der Waals surface area contributed by atoms with E-state index in [0.717, 1.165) is 24.3 Å². The maximum Gasteiger partial charge on any atom is 0.161 e. The molecule has 2 N–H and O–H groups in total. The Balaban J connectivity index is 1.98. The fraction of sp³-hybridized carbons (Fsp3) is 0.353. The molecule has 1 aromatic heterocycles. The lowest BCUT2D eigenvalue weighted by Gasteiger charge is -2.13. The number of aromatic nitrogens is 1. The van der Waals surface area contributed by atoms with Gasteiger partial charge in [0, 0.05) is 18.8 Å². The molecule has 0 unspecified atom stereocenters. The van der Waals surface area contributed by atoms with Crippen molar-refractivity contribution in [2.75, 3.05) is 19.8 Å². The molecule has 2 rings (SSSR count). The molecule has 0 spiro atoms. The van der Waals surface area contributed by atoms with Gasteiger partial charge in [0.05, 0.1) is 13.2 Å². The summed E-state index contributed by atoms with van der Waals surface area (Å²) in [6.45, 7) is 3.83. The number of rotatable bonds is 8. The van der Waals surface area contributed by atoms with Crippen LogP contribution in [0.2, 0.25) is 0 Å². The largest absolute Gasteiger partial charge is 0.490 e. The van der Waals surface area contributed by atoms with Crippen LogP contribution in [0.5, 0.6) is 11.5 Å². The van der Waals surface area contributed by atoms with Gasteiger partial charge < -0.3 is 15.2 Å². The Bertz CT molecular complexity index is 544. The summed E-state index contributed by atoms with van der Waals surface area (Å²) >= 11 is 0. The minimum Gasteiger partial charge on any atom is -0.490 e. The van der Waals surface area contributed by atoms with Gasteiger partial charge in [0.15, 0.2) is 11.5 Å². The lowest BCUT2D eigenvalue weighted by atomic mass is 10.1. The van der Waals surface area contributed by atoms with Gasteiger partial charge in [0.2, 0.25) is 0 Å².